The summed E-state index contributed by atoms with van der Waals surface area (Å²) < 4.78 is 10.5. The minimum Gasteiger partial charge on any atom is -0.463 e. The fourth-order valence-electron chi connectivity index (χ4n) is 2.46. The quantitative estimate of drug-likeness (QED) is 0.631. The molecule has 0 saturated carbocycles. The molecule has 1 N–H and O–H groups in total. The fraction of sp³-hybridized carbons (Fsp3) is 0.333. The highest BCUT2D eigenvalue weighted by molar-refractivity contribution is 5.82. The van der Waals surface area contributed by atoms with Crippen LogP contribution < -0.4 is 5.32 Å². The van der Waals surface area contributed by atoms with Gasteiger partial charge in [-0.3, -0.25) is 4.79 Å². The van der Waals surface area contributed by atoms with Crippen LogP contribution in [0.2, 0.25) is 0 Å². The van der Waals surface area contributed by atoms with E-state index in [4.69, 9.17) is 9.47 Å². The van der Waals surface area contributed by atoms with Gasteiger partial charge in [0.25, 0.3) is 0 Å². The van der Waals surface area contributed by atoms with Gasteiger partial charge in [0.1, 0.15) is 18.1 Å². The molecule has 0 atom stereocenters. The van der Waals surface area contributed by atoms with E-state index >= 15 is 0 Å². The highest BCUT2D eigenvalue weighted by atomic mass is 16.6. The Hall–Kier alpha value is -2.82. The molecule has 5 heteroatoms. The average molecular weight is 355 g/mol. The zero-order valence-corrected chi connectivity index (χ0v) is 15.4. The molecular formula is C21H25NO4. The van der Waals surface area contributed by atoms with Gasteiger partial charge in [-0.1, -0.05) is 60.7 Å². The van der Waals surface area contributed by atoms with E-state index in [1.165, 1.54) is 0 Å². The third-order valence-electron chi connectivity index (χ3n) is 3.52. The predicted octanol–water partition coefficient (Wildman–Crippen LogP) is 3.89. The number of benzene rings is 2. The van der Waals surface area contributed by atoms with Gasteiger partial charge in [-0.15, -0.1) is 0 Å². The minimum absolute atomic E-state index is 0.0776. The Morgan fingerprint density at radius 1 is 0.923 bits per heavy atom. The summed E-state index contributed by atoms with van der Waals surface area (Å²) in [6, 6.07) is 19.0. The van der Waals surface area contributed by atoms with Crippen molar-refractivity contribution in [2.45, 2.75) is 32.3 Å². The van der Waals surface area contributed by atoms with Crippen molar-refractivity contribution in [3.8, 4) is 0 Å². The predicted molar refractivity (Wildman–Crippen MR) is 99.9 cm³/mol. The molecule has 2 aromatic rings. The lowest BCUT2D eigenvalue weighted by molar-refractivity contribution is -0.144. The molecule has 0 aromatic heterocycles. The maximum atomic E-state index is 12.7. The molecule has 5 nitrogen and oxygen atoms in total. The Morgan fingerprint density at radius 3 is 1.88 bits per heavy atom. The normalized spacial score (nSPS) is 11.1. The summed E-state index contributed by atoms with van der Waals surface area (Å²) in [7, 11) is 0. The summed E-state index contributed by atoms with van der Waals surface area (Å²) in [5.74, 6) is -0.854. The van der Waals surface area contributed by atoms with E-state index in [1.54, 1.807) is 20.8 Å². The number of ether oxygens (including phenoxy) is 2. The summed E-state index contributed by atoms with van der Waals surface area (Å²) in [6.45, 7) is 5.63. The van der Waals surface area contributed by atoms with E-state index in [1.807, 2.05) is 60.7 Å². The largest absolute Gasteiger partial charge is 0.463 e. The molecule has 1 amide bonds. The van der Waals surface area contributed by atoms with Crippen LogP contribution in [0, 0.1) is 0 Å². The molecule has 0 aliphatic rings. The fourth-order valence-corrected chi connectivity index (χ4v) is 2.46. The molecular weight excluding hydrogens is 330 g/mol. The van der Waals surface area contributed by atoms with Gasteiger partial charge in [-0.05, 0) is 31.9 Å². The number of esters is 1. The molecule has 2 aromatic carbocycles. The van der Waals surface area contributed by atoms with E-state index in [9.17, 15) is 9.59 Å². The monoisotopic (exact) mass is 355 g/mol. The van der Waals surface area contributed by atoms with Gasteiger partial charge in [0.05, 0.1) is 6.54 Å². The van der Waals surface area contributed by atoms with Gasteiger partial charge in [0.15, 0.2) is 0 Å². The summed E-state index contributed by atoms with van der Waals surface area (Å²) in [5.41, 5.74) is 1.17. The van der Waals surface area contributed by atoms with Crippen LogP contribution in [0.25, 0.3) is 0 Å². The molecule has 138 valence electrons. The number of carbonyl (C=O) groups excluding carboxylic acids is 2. The lowest BCUT2D eigenvalue weighted by Gasteiger charge is -2.20. The summed E-state index contributed by atoms with van der Waals surface area (Å²) >= 11 is 0. The SMILES string of the molecule is CC(C)(C)OC(=O)NCCOC(=O)C(c1ccccc1)c1ccccc1. The van der Waals surface area contributed by atoms with Gasteiger partial charge in [0.2, 0.25) is 0 Å². The van der Waals surface area contributed by atoms with Crippen LogP contribution in [0.1, 0.15) is 37.8 Å². The van der Waals surface area contributed by atoms with Crippen LogP contribution in [0.15, 0.2) is 60.7 Å². The number of hydrogen-bond donors (Lipinski definition) is 1. The van der Waals surface area contributed by atoms with E-state index in [0.717, 1.165) is 11.1 Å². The van der Waals surface area contributed by atoms with Gasteiger partial charge < -0.3 is 14.8 Å². The number of amides is 1. The Labute approximate surface area is 154 Å². The summed E-state index contributed by atoms with van der Waals surface area (Å²) in [6.07, 6.45) is -0.531. The first-order valence-corrected chi connectivity index (χ1v) is 8.60. The second-order valence-corrected chi connectivity index (χ2v) is 6.85. The van der Waals surface area contributed by atoms with Crippen molar-refractivity contribution in [1.82, 2.24) is 5.32 Å². The Morgan fingerprint density at radius 2 is 1.42 bits per heavy atom. The first-order chi connectivity index (χ1) is 12.4. The lowest BCUT2D eigenvalue weighted by Crippen LogP contribution is -2.34. The first kappa shape index (κ1) is 19.5. The molecule has 0 heterocycles. The van der Waals surface area contributed by atoms with Crippen LogP contribution in [-0.2, 0) is 14.3 Å². The topological polar surface area (TPSA) is 64.6 Å². The number of carbonyl (C=O) groups is 2. The maximum Gasteiger partial charge on any atom is 0.407 e. The molecule has 0 radical (unpaired) electrons. The number of hydrogen-bond acceptors (Lipinski definition) is 4. The van der Waals surface area contributed by atoms with Crippen LogP contribution in [0.5, 0.6) is 0 Å². The van der Waals surface area contributed by atoms with Crippen LogP contribution in [-0.4, -0.2) is 30.8 Å². The maximum absolute atomic E-state index is 12.7. The Balaban J connectivity index is 1.95. The highest BCUT2D eigenvalue weighted by Gasteiger charge is 2.24. The lowest BCUT2D eigenvalue weighted by atomic mass is 9.91. The number of nitrogens with one attached hydrogen (secondary N) is 1. The third-order valence-corrected chi connectivity index (χ3v) is 3.52. The zero-order chi connectivity index (χ0) is 19.0. The molecule has 0 unspecified atom stereocenters. The molecule has 0 aliphatic heterocycles. The first-order valence-electron chi connectivity index (χ1n) is 8.60. The van der Waals surface area contributed by atoms with Crippen molar-refractivity contribution in [2.75, 3.05) is 13.2 Å². The Kier molecular flexibility index (Phi) is 6.78. The minimum atomic E-state index is -0.563. The highest BCUT2D eigenvalue weighted by Crippen LogP contribution is 2.25. The third kappa shape index (κ3) is 6.24. The van der Waals surface area contributed by atoms with Gasteiger partial charge in [0, 0.05) is 0 Å². The van der Waals surface area contributed by atoms with E-state index in [2.05, 4.69) is 5.32 Å². The van der Waals surface area contributed by atoms with Crippen molar-refractivity contribution in [1.29, 1.82) is 0 Å². The van der Waals surface area contributed by atoms with Crippen molar-refractivity contribution >= 4 is 12.1 Å². The van der Waals surface area contributed by atoms with Crippen molar-refractivity contribution in [3.05, 3.63) is 71.8 Å². The molecule has 2 rings (SSSR count). The van der Waals surface area contributed by atoms with E-state index in [-0.39, 0.29) is 19.1 Å². The van der Waals surface area contributed by atoms with Crippen molar-refractivity contribution in [3.63, 3.8) is 0 Å². The molecule has 0 bridgehead atoms. The molecule has 0 spiro atoms. The van der Waals surface area contributed by atoms with Gasteiger partial charge in [-0.25, -0.2) is 4.79 Å². The summed E-state index contributed by atoms with van der Waals surface area (Å²) in [4.78, 5) is 24.3. The molecule has 0 fully saturated rings. The van der Waals surface area contributed by atoms with Gasteiger partial charge >= 0.3 is 12.1 Å². The Bertz CT molecular complexity index is 668. The van der Waals surface area contributed by atoms with Crippen LogP contribution in [0.3, 0.4) is 0 Å². The molecule has 0 aliphatic carbocycles. The van der Waals surface area contributed by atoms with Crippen LogP contribution in [0.4, 0.5) is 4.79 Å². The molecule has 26 heavy (non-hydrogen) atoms. The second-order valence-electron chi connectivity index (χ2n) is 6.85. The zero-order valence-electron chi connectivity index (χ0n) is 15.4. The molecule has 0 saturated heterocycles. The van der Waals surface area contributed by atoms with Gasteiger partial charge in [-0.2, -0.15) is 0 Å². The average Bonchev–Trinajstić information content (AvgIpc) is 2.59. The second kappa shape index (κ2) is 9.04. The number of alkyl carbamates (subject to hydrolysis) is 1. The standard InChI is InChI=1S/C21H25NO4/c1-21(2,3)26-20(24)22-14-15-25-19(23)18(16-10-6-4-7-11-16)17-12-8-5-9-13-17/h4-13,18H,14-15H2,1-3H3,(H,22,24). The van der Waals surface area contributed by atoms with E-state index < -0.39 is 17.6 Å². The van der Waals surface area contributed by atoms with Crippen molar-refractivity contribution < 1.29 is 19.1 Å². The van der Waals surface area contributed by atoms with E-state index in [0.29, 0.717) is 0 Å². The summed E-state index contributed by atoms with van der Waals surface area (Å²) in [5, 5.41) is 2.57. The van der Waals surface area contributed by atoms with Crippen LogP contribution >= 0.6 is 0 Å². The van der Waals surface area contributed by atoms with Crippen molar-refractivity contribution in [2.24, 2.45) is 0 Å². The smallest absolute Gasteiger partial charge is 0.407 e. The number of rotatable bonds is 6.